The van der Waals surface area contributed by atoms with Crippen LogP contribution in [0, 0.1) is 22.7 Å². The zero-order valence-corrected chi connectivity index (χ0v) is 14.7. The van der Waals surface area contributed by atoms with Gasteiger partial charge in [0, 0.05) is 0 Å². The molecule has 0 aromatic carbocycles. The second-order valence-electron chi connectivity index (χ2n) is 8.36. The van der Waals surface area contributed by atoms with Crippen LogP contribution in [0.1, 0.15) is 73.1 Å². The van der Waals surface area contributed by atoms with Crippen molar-refractivity contribution in [3.05, 3.63) is 23.3 Å². The van der Waals surface area contributed by atoms with E-state index in [2.05, 4.69) is 40.7 Å². The van der Waals surface area contributed by atoms with Crippen LogP contribution in [0.2, 0.25) is 0 Å². The fourth-order valence-electron chi connectivity index (χ4n) is 4.68. The monoisotopic (exact) mass is 290 g/mol. The molecule has 0 aromatic heterocycles. The predicted octanol–water partition coefficient (Wildman–Crippen LogP) is 5.50. The van der Waals surface area contributed by atoms with E-state index >= 15 is 0 Å². The molecule has 0 bridgehead atoms. The zero-order chi connectivity index (χ0) is 15.7. The summed E-state index contributed by atoms with van der Waals surface area (Å²) in [6.07, 6.45) is 12.3. The lowest BCUT2D eigenvalue weighted by Crippen LogP contribution is -2.43. The Morgan fingerprint density at radius 3 is 2.76 bits per heavy atom. The van der Waals surface area contributed by atoms with Crippen molar-refractivity contribution in [2.75, 3.05) is 6.61 Å². The molecular weight excluding hydrogens is 256 g/mol. The van der Waals surface area contributed by atoms with E-state index in [1.807, 2.05) is 6.08 Å². The van der Waals surface area contributed by atoms with Gasteiger partial charge in [0.05, 0.1) is 6.61 Å². The van der Waals surface area contributed by atoms with Gasteiger partial charge in [0.25, 0.3) is 0 Å². The van der Waals surface area contributed by atoms with E-state index in [0.717, 1.165) is 18.3 Å². The van der Waals surface area contributed by atoms with Gasteiger partial charge in [0.2, 0.25) is 0 Å². The molecule has 2 aliphatic carbocycles. The molecule has 1 heteroatoms. The number of aliphatic hydroxyl groups is 1. The SMILES string of the molecule is C/C(=C\CO)CC[C@@]1(C)[C@@H]2CCCC(C)(C)C2=CC[C@@H]1C. The van der Waals surface area contributed by atoms with Crippen LogP contribution >= 0.6 is 0 Å². The molecule has 1 saturated carbocycles. The lowest BCUT2D eigenvalue weighted by atomic mass is 9.52. The summed E-state index contributed by atoms with van der Waals surface area (Å²) in [4.78, 5) is 0. The van der Waals surface area contributed by atoms with Gasteiger partial charge < -0.3 is 5.11 Å². The Balaban J connectivity index is 2.21. The van der Waals surface area contributed by atoms with E-state index in [4.69, 9.17) is 5.11 Å². The van der Waals surface area contributed by atoms with Crippen molar-refractivity contribution in [1.82, 2.24) is 0 Å². The highest BCUT2D eigenvalue weighted by molar-refractivity contribution is 5.25. The summed E-state index contributed by atoms with van der Waals surface area (Å²) >= 11 is 0. The predicted molar refractivity (Wildman–Crippen MR) is 91.2 cm³/mol. The van der Waals surface area contributed by atoms with Crippen molar-refractivity contribution >= 4 is 0 Å². The topological polar surface area (TPSA) is 20.2 Å². The summed E-state index contributed by atoms with van der Waals surface area (Å²) < 4.78 is 0. The first-order valence-corrected chi connectivity index (χ1v) is 8.78. The number of rotatable bonds is 4. The maximum Gasteiger partial charge on any atom is 0.0614 e. The molecule has 0 amide bonds. The summed E-state index contributed by atoms with van der Waals surface area (Å²) in [6.45, 7) is 12.2. The van der Waals surface area contributed by atoms with Crippen LogP contribution in [-0.2, 0) is 0 Å². The van der Waals surface area contributed by atoms with E-state index < -0.39 is 0 Å². The summed E-state index contributed by atoms with van der Waals surface area (Å²) in [7, 11) is 0. The Kier molecular flexibility index (Phi) is 5.03. The van der Waals surface area contributed by atoms with Crippen LogP contribution < -0.4 is 0 Å². The van der Waals surface area contributed by atoms with Gasteiger partial charge in [-0.15, -0.1) is 0 Å². The highest BCUT2D eigenvalue weighted by Gasteiger charge is 2.47. The zero-order valence-electron chi connectivity index (χ0n) is 14.7. The lowest BCUT2D eigenvalue weighted by Gasteiger charge is -2.53. The molecule has 0 spiro atoms. The molecule has 0 saturated heterocycles. The molecule has 2 rings (SSSR count). The van der Waals surface area contributed by atoms with Gasteiger partial charge in [-0.05, 0) is 61.7 Å². The second kappa shape index (κ2) is 6.28. The molecule has 1 nitrogen and oxygen atoms in total. The first-order valence-electron chi connectivity index (χ1n) is 8.78. The number of aliphatic hydroxyl groups excluding tert-OH is 1. The van der Waals surface area contributed by atoms with E-state index in [1.54, 1.807) is 5.57 Å². The first kappa shape index (κ1) is 16.8. The van der Waals surface area contributed by atoms with Gasteiger partial charge in [-0.3, -0.25) is 0 Å². The van der Waals surface area contributed by atoms with Crippen LogP contribution in [0.15, 0.2) is 23.3 Å². The van der Waals surface area contributed by atoms with Crippen molar-refractivity contribution in [1.29, 1.82) is 0 Å². The maximum absolute atomic E-state index is 9.06. The number of hydrogen-bond donors (Lipinski definition) is 1. The van der Waals surface area contributed by atoms with Crippen molar-refractivity contribution in [3.8, 4) is 0 Å². The van der Waals surface area contributed by atoms with E-state index in [1.165, 1.54) is 37.7 Å². The third-order valence-electron chi connectivity index (χ3n) is 6.56. The fourth-order valence-corrected chi connectivity index (χ4v) is 4.68. The van der Waals surface area contributed by atoms with Crippen molar-refractivity contribution in [3.63, 3.8) is 0 Å². The third kappa shape index (κ3) is 3.28. The quantitative estimate of drug-likeness (QED) is 0.677. The molecule has 0 radical (unpaired) electrons. The lowest BCUT2D eigenvalue weighted by molar-refractivity contribution is 0.0583. The third-order valence-corrected chi connectivity index (χ3v) is 6.56. The Hall–Kier alpha value is -0.560. The van der Waals surface area contributed by atoms with Gasteiger partial charge in [0.1, 0.15) is 0 Å². The molecule has 0 aliphatic heterocycles. The van der Waals surface area contributed by atoms with E-state index in [-0.39, 0.29) is 6.61 Å². The smallest absolute Gasteiger partial charge is 0.0614 e. The van der Waals surface area contributed by atoms with Gasteiger partial charge in [-0.2, -0.15) is 0 Å². The molecule has 0 unspecified atom stereocenters. The Labute approximate surface area is 131 Å². The van der Waals surface area contributed by atoms with Gasteiger partial charge in [-0.25, -0.2) is 0 Å². The number of fused-ring (bicyclic) bond motifs is 1. The Morgan fingerprint density at radius 1 is 1.38 bits per heavy atom. The van der Waals surface area contributed by atoms with E-state index in [0.29, 0.717) is 10.8 Å². The van der Waals surface area contributed by atoms with Crippen LogP contribution in [0.4, 0.5) is 0 Å². The molecule has 3 atom stereocenters. The van der Waals surface area contributed by atoms with Gasteiger partial charge >= 0.3 is 0 Å². The molecule has 1 N–H and O–H groups in total. The van der Waals surface area contributed by atoms with Crippen molar-refractivity contribution < 1.29 is 5.11 Å². The molecule has 120 valence electrons. The van der Waals surface area contributed by atoms with Gasteiger partial charge in [0.15, 0.2) is 0 Å². The molecular formula is C20H34O. The minimum absolute atomic E-state index is 0.180. The first-order chi connectivity index (χ1) is 9.81. The fraction of sp³-hybridized carbons (Fsp3) is 0.800. The highest BCUT2D eigenvalue weighted by Crippen LogP contribution is 2.58. The summed E-state index contributed by atoms with van der Waals surface area (Å²) in [5.74, 6) is 1.54. The number of hydrogen-bond acceptors (Lipinski definition) is 1. The van der Waals surface area contributed by atoms with Gasteiger partial charge in [-0.1, -0.05) is 57.4 Å². The minimum atomic E-state index is 0.180. The van der Waals surface area contributed by atoms with Crippen molar-refractivity contribution in [2.24, 2.45) is 22.7 Å². The molecule has 1 fully saturated rings. The Bertz CT molecular complexity index is 429. The molecule has 0 heterocycles. The second-order valence-corrected chi connectivity index (χ2v) is 8.36. The van der Waals surface area contributed by atoms with Crippen LogP contribution in [-0.4, -0.2) is 11.7 Å². The summed E-state index contributed by atoms with van der Waals surface area (Å²) in [6, 6.07) is 0. The molecule has 21 heavy (non-hydrogen) atoms. The van der Waals surface area contributed by atoms with Crippen molar-refractivity contribution in [2.45, 2.75) is 73.1 Å². The maximum atomic E-state index is 9.06. The Morgan fingerprint density at radius 2 is 2.10 bits per heavy atom. The minimum Gasteiger partial charge on any atom is -0.392 e. The van der Waals surface area contributed by atoms with Crippen LogP contribution in [0.3, 0.4) is 0 Å². The summed E-state index contributed by atoms with van der Waals surface area (Å²) in [5.41, 5.74) is 3.92. The average Bonchev–Trinajstić information content (AvgIpc) is 2.41. The molecule has 2 aliphatic rings. The standard InChI is InChI=1S/C20H34O/c1-15(11-14-21)10-13-20(5)16(2)8-9-17-18(20)7-6-12-19(17,3)4/h9,11,16,18,21H,6-8,10,12-14H2,1-5H3/b15-11+/t16-,18+,20+/m0/s1. The van der Waals surface area contributed by atoms with E-state index in [9.17, 15) is 0 Å². The summed E-state index contributed by atoms with van der Waals surface area (Å²) in [5, 5.41) is 9.06. The van der Waals surface area contributed by atoms with Crippen LogP contribution in [0.5, 0.6) is 0 Å². The largest absolute Gasteiger partial charge is 0.392 e. The number of allylic oxidation sites excluding steroid dienone is 3. The average molecular weight is 290 g/mol. The highest BCUT2D eigenvalue weighted by atomic mass is 16.2. The normalized spacial score (nSPS) is 36.1. The van der Waals surface area contributed by atoms with Crippen LogP contribution in [0.25, 0.3) is 0 Å². The molecule has 0 aromatic rings.